The topological polar surface area (TPSA) is 53.9 Å². The van der Waals surface area contributed by atoms with Gasteiger partial charge in [0.25, 0.3) is 0 Å². The Morgan fingerprint density at radius 2 is 2.00 bits per heavy atom. The molecule has 3 nitrogen and oxygen atoms in total. The predicted molar refractivity (Wildman–Crippen MR) is 53.4 cm³/mol. The van der Waals surface area contributed by atoms with Crippen molar-refractivity contribution in [2.24, 2.45) is 0 Å². The van der Waals surface area contributed by atoms with Gasteiger partial charge >= 0.3 is 5.97 Å². The van der Waals surface area contributed by atoms with Crippen LogP contribution in [0.1, 0.15) is 23.6 Å². The molecule has 0 aromatic heterocycles. The number of hydrogen-bond acceptors (Lipinski definition) is 2. The smallest absolute Gasteiger partial charge is 0.311 e. The third kappa shape index (κ3) is 2.85. The molecule has 76 valence electrons. The van der Waals surface area contributed by atoms with Crippen molar-refractivity contribution < 1.29 is 15.3 Å². The third-order valence-corrected chi connectivity index (χ3v) is 2.19. The summed E-state index contributed by atoms with van der Waals surface area (Å²) < 4.78 is 4.59. The van der Waals surface area contributed by atoms with E-state index in [0.29, 0.717) is 6.42 Å². The number of hydrogen-bond donors (Lipinski definition) is 1. The molecule has 0 heterocycles. The van der Waals surface area contributed by atoms with Gasteiger partial charge in [0.05, 0.1) is 7.11 Å². The number of carbonyl (C=O) groups excluding carboxylic acids is 1. The summed E-state index contributed by atoms with van der Waals surface area (Å²) in [6.07, 6.45) is 0.333. The Labute approximate surface area is 83.9 Å². The molecule has 14 heavy (non-hydrogen) atoms. The quantitative estimate of drug-likeness (QED) is 0.725. The van der Waals surface area contributed by atoms with E-state index in [4.69, 9.17) is 0 Å². The molecular formula is C11H16NO2+. The number of benzene rings is 1. The fourth-order valence-corrected chi connectivity index (χ4v) is 1.24. The lowest BCUT2D eigenvalue weighted by Gasteiger charge is -2.07. The molecule has 3 N–H and O–H groups in total. The highest BCUT2D eigenvalue weighted by atomic mass is 16.5. The van der Waals surface area contributed by atoms with Crippen LogP contribution in [0, 0.1) is 6.92 Å². The predicted octanol–water partition coefficient (Wildman–Crippen LogP) is 0.841. The van der Waals surface area contributed by atoms with Crippen LogP contribution in [-0.4, -0.2) is 13.1 Å². The van der Waals surface area contributed by atoms with Gasteiger partial charge in [0, 0.05) is 5.56 Å². The summed E-state index contributed by atoms with van der Waals surface area (Å²) in [4.78, 5) is 11.0. The lowest BCUT2D eigenvalue weighted by molar-refractivity contribution is -0.425. The van der Waals surface area contributed by atoms with E-state index < -0.39 is 0 Å². The van der Waals surface area contributed by atoms with Crippen LogP contribution >= 0.6 is 0 Å². The second-order valence-corrected chi connectivity index (χ2v) is 3.39. The van der Waals surface area contributed by atoms with Crippen LogP contribution in [0.3, 0.4) is 0 Å². The average Bonchev–Trinajstić information content (AvgIpc) is 2.18. The van der Waals surface area contributed by atoms with Gasteiger partial charge in [-0.15, -0.1) is 0 Å². The first-order valence-corrected chi connectivity index (χ1v) is 4.60. The summed E-state index contributed by atoms with van der Waals surface area (Å²) in [6.45, 7) is 2.03. The highest BCUT2D eigenvalue weighted by molar-refractivity contribution is 5.69. The molecule has 0 saturated carbocycles. The zero-order valence-electron chi connectivity index (χ0n) is 8.62. The molecule has 1 atom stereocenters. The van der Waals surface area contributed by atoms with Crippen LogP contribution in [0.2, 0.25) is 0 Å². The summed E-state index contributed by atoms with van der Waals surface area (Å²) in [5.74, 6) is -0.217. The Hall–Kier alpha value is -1.35. The number of esters is 1. The SMILES string of the molecule is COC(=O)CC([NH3+])c1ccc(C)cc1. The maximum atomic E-state index is 11.0. The Morgan fingerprint density at radius 1 is 1.43 bits per heavy atom. The summed E-state index contributed by atoms with van der Waals surface area (Å²) >= 11 is 0. The monoisotopic (exact) mass is 194 g/mol. The lowest BCUT2D eigenvalue weighted by atomic mass is 10.0. The van der Waals surface area contributed by atoms with Gasteiger partial charge in [-0.2, -0.15) is 0 Å². The minimum atomic E-state index is -0.217. The molecule has 1 rings (SSSR count). The minimum absolute atomic E-state index is 0.0250. The van der Waals surface area contributed by atoms with Crippen molar-refractivity contribution in [1.82, 2.24) is 0 Å². The number of methoxy groups -OCH3 is 1. The second kappa shape index (κ2) is 4.77. The Kier molecular flexibility index (Phi) is 3.65. The normalized spacial score (nSPS) is 12.2. The van der Waals surface area contributed by atoms with Crippen LogP contribution in [-0.2, 0) is 9.53 Å². The van der Waals surface area contributed by atoms with Crippen molar-refractivity contribution in [3.05, 3.63) is 35.4 Å². The fourth-order valence-electron chi connectivity index (χ4n) is 1.24. The summed E-state index contributed by atoms with van der Waals surface area (Å²) in [7, 11) is 1.39. The zero-order chi connectivity index (χ0) is 10.6. The molecule has 0 bridgehead atoms. The first-order chi connectivity index (χ1) is 6.63. The number of quaternary nitrogens is 1. The van der Waals surface area contributed by atoms with Gasteiger partial charge in [-0.3, -0.25) is 4.79 Å². The molecule has 0 fully saturated rings. The summed E-state index contributed by atoms with van der Waals surface area (Å²) in [6, 6.07) is 8.00. The number of carbonyl (C=O) groups is 1. The highest BCUT2D eigenvalue weighted by Gasteiger charge is 2.14. The van der Waals surface area contributed by atoms with Crippen molar-refractivity contribution in [3.8, 4) is 0 Å². The molecule has 3 heteroatoms. The average molecular weight is 194 g/mol. The van der Waals surface area contributed by atoms with Crippen molar-refractivity contribution in [3.63, 3.8) is 0 Å². The van der Waals surface area contributed by atoms with Crippen LogP contribution in [0.4, 0.5) is 0 Å². The van der Waals surface area contributed by atoms with Crippen molar-refractivity contribution in [1.29, 1.82) is 0 Å². The number of ether oxygens (including phenoxy) is 1. The standard InChI is InChI=1S/C11H15NO2/c1-8-3-5-9(6-4-8)10(12)7-11(13)14-2/h3-6,10H,7,12H2,1-2H3/p+1. The lowest BCUT2D eigenvalue weighted by Crippen LogP contribution is -2.54. The molecule has 0 saturated heterocycles. The Morgan fingerprint density at radius 3 is 2.50 bits per heavy atom. The molecule has 0 aliphatic carbocycles. The van der Waals surface area contributed by atoms with E-state index in [1.807, 2.05) is 31.2 Å². The maximum absolute atomic E-state index is 11.0. The maximum Gasteiger partial charge on any atom is 0.311 e. The molecule has 0 aliphatic rings. The van der Waals surface area contributed by atoms with Gasteiger partial charge in [0.1, 0.15) is 12.5 Å². The van der Waals surface area contributed by atoms with Crippen LogP contribution in [0.5, 0.6) is 0 Å². The van der Waals surface area contributed by atoms with Crippen molar-refractivity contribution >= 4 is 5.97 Å². The largest absolute Gasteiger partial charge is 0.469 e. The third-order valence-electron chi connectivity index (χ3n) is 2.19. The molecule has 1 aromatic rings. The Balaban J connectivity index is 2.65. The second-order valence-electron chi connectivity index (χ2n) is 3.39. The van der Waals surface area contributed by atoms with Gasteiger partial charge in [0.2, 0.25) is 0 Å². The molecule has 1 unspecified atom stereocenters. The highest BCUT2D eigenvalue weighted by Crippen LogP contribution is 2.13. The molecule has 0 radical (unpaired) electrons. The van der Waals surface area contributed by atoms with E-state index in [0.717, 1.165) is 5.56 Å². The van der Waals surface area contributed by atoms with Gasteiger partial charge in [0.15, 0.2) is 0 Å². The van der Waals surface area contributed by atoms with E-state index in [1.54, 1.807) is 0 Å². The zero-order valence-corrected chi connectivity index (χ0v) is 8.62. The van der Waals surface area contributed by atoms with E-state index >= 15 is 0 Å². The Bertz CT molecular complexity index is 306. The van der Waals surface area contributed by atoms with Gasteiger partial charge in [-0.1, -0.05) is 29.8 Å². The number of rotatable bonds is 3. The van der Waals surface area contributed by atoms with Crippen LogP contribution in [0.15, 0.2) is 24.3 Å². The van der Waals surface area contributed by atoms with E-state index in [-0.39, 0.29) is 12.0 Å². The van der Waals surface area contributed by atoms with Gasteiger partial charge in [-0.25, -0.2) is 0 Å². The van der Waals surface area contributed by atoms with Crippen molar-refractivity contribution in [2.45, 2.75) is 19.4 Å². The van der Waals surface area contributed by atoms with Gasteiger partial charge in [-0.05, 0) is 6.92 Å². The van der Waals surface area contributed by atoms with E-state index in [9.17, 15) is 4.79 Å². The fraction of sp³-hybridized carbons (Fsp3) is 0.364. The summed E-state index contributed by atoms with van der Waals surface area (Å²) in [5, 5.41) is 0. The van der Waals surface area contributed by atoms with Crippen LogP contribution in [0.25, 0.3) is 0 Å². The molecule has 1 aromatic carbocycles. The number of aryl methyl sites for hydroxylation is 1. The molecule has 0 amide bonds. The van der Waals surface area contributed by atoms with Crippen molar-refractivity contribution in [2.75, 3.05) is 7.11 Å². The molecular weight excluding hydrogens is 178 g/mol. The van der Waals surface area contributed by atoms with E-state index in [1.165, 1.54) is 12.7 Å². The minimum Gasteiger partial charge on any atom is -0.469 e. The molecule has 0 spiro atoms. The first-order valence-electron chi connectivity index (χ1n) is 4.60. The van der Waals surface area contributed by atoms with Crippen LogP contribution < -0.4 is 5.73 Å². The molecule has 0 aliphatic heterocycles. The van der Waals surface area contributed by atoms with E-state index in [2.05, 4.69) is 10.5 Å². The first kappa shape index (κ1) is 10.7. The van der Waals surface area contributed by atoms with Gasteiger partial charge < -0.3 is 10.5 Å². The summed E-state index contributed by atoms with van der Waals surface area (Å²) in [5.41, 5.74) is 6.20.